The highest BCUT2D eigenvalue weighted by Gasteiger charge is 2.24. The molecule has 0 amide bonds. The maximum atomic E-state index is 5.54. The van der Waals surface area contributed by atoms with Gasteiger partial charge in [0.15, 0.2) is 5.65 Å². The van der Waals surface area contributed by atoms with Crippen molar-refractivity contribution in [3.8, 4) is 0 Å². The molecule has 1 saturated heterocycles. The molecule has 0 radical (unpaired) electrons. The molecule has 2 aromatic rings. The van der Waals surface area contributed by atoms with Gasteiger partial charge < -0.3 is 10.1 Å². The van der Waals surface area contributed by atoms with E-state index < -0.39 is 0 Å². The second-order valence-corrected chi connectivity index (χ2v) is 7.00. The van der Waals surface area contributed by atoms with Crippen molar-refractivity contribution < 1.29 is 4.74 Å². The van der Waals surface area contributed by atoms with Gasteiger partial charge in [0.25, 0.3) is 0 Å². The maximum Gasteiger partial charge on any atom is 0.155 e. The van der Waals surface area contributed by atoms with E-state index in [1.54, 1.807) is 0 Å². The van der Waals surface area contributed by atoms with Crippen molar-refractivity contribution in [3.63, 3.8) is 0 Å². The van der Waals surface area contributed by atoms with Crippen molar-refractivity contribution in [1.82, 2.24) is 24.8 Å². The fourth-order valence-electron chi connectivity index (χ4n) is 3.57. The molecule has 2 aromatic heterocycles. The molecule has 0 spiro atoms. The van der Waals surface area contributed by atoms with Gasteiger partial charge >= 0.3 is 0 Å². The zero-order valence-electron chi connectivity index (χ0n) is 15.4. The summed E-state index contributed by atoms with van der Waals surface area (Å²) in [4.78, 5) is 7.07. The van der Waals surface area contributed by atoms with Gasteiger partial charge in [0, 0.05) is 54.7 Å². The van der Waals surface area contributed by atoms with Gasteiger partial charge in [-0.25, -0.2) is 9.50 Å². The third-order valence-corrected chi connectivity index (χ3v) is 5.06. The number of hydrogen-bond acceptors (Lipinski definition) is 5. The monoisotopic (exact) mass is 331 g/mol. The molecule has 1 fully saturated rings. The first-order valence-electron chi connectivity index (χ1n) is 8.86. The number of nitrogens with zero attached hydrogens (tertiary/aromatic N) is 4. The highest BCUT2D eigenvalue weighted by atomic mass is 16.5. The number of ether oxygens (including phenoxy) is 1. The Morgan fingerprint density at radius 2 is 2.17 bits per heavy atom. The van der Waals surface area contributed by atoms with Crippen molar-refractivity contribution in [3.05, 3.63) is 29.2 Å². The van der Waals surface area contributed by atoms with Crippen LogP contribution in [0.4, 0.5) is 0 Å². The van der Waals surface area contributed by atoms with Crippen molar-refractivity contribution in [1.29, 1.82) is 0 Å². The van der Waals surface area contributed by atoms with E-state index in [1.165, 1.54) is 5.56 Å². The van der Waals surface area contributed by atoms with Crippen LogP contribution in [0.25, 0.3) is 5.65 Å². The molecule has 0 aliphatic carbocycles. The Kier molecular flexibility index (Phi) is 5.18. The molecular weight excluding hydrogens is 302 g/mol. The van der Waals surface area contributed by atoms with E-state index in [0.29, 0.717) is 12.1 Å². The molecular formula is C18H29N5O. The fourth-order valence-corrected chi connectivity index (χ4v) is 3.57. The van der Waals surface area contributed by atoms with Crippen LogP contribution in [0.1, 0.15) is 43.8 Å². The normalized spacial score (nSPS) is 22.0. The first-order chi connectivity index (χ1) is 11.5. The van der Waals surface area contributed by atoms with Crippen LogP contribution in [0, 0.1) is 13.8 Å². The standard InChI is InChI=1S/C18H29N5O/c1-12-8-18-20-10-17(16(5)23(18)21-12)15(4)19-9-13(2)22-6-7-24-11-14(22)3/h8,10,13-15,19H,6-7,9,11H2,1-5H3/t13-,14-,15-/m0/s1. The number of hydrogen-bond donors (Lipinski definition) is 1. The first-order valence-corrected chi connectivity index (χ1v) is 8.86. The van der Waals surface area contributed by atoms with Gasteiger partial charge in [0.05, 0.1) is 18.9 Å². The van der Waals surface area contributed by atoms with E-state index in [0.717, 1.165) is 43.3 Å². The number of aromatic nitrogens is 3. The van der Waals surface area contributed by atoms with E-state index in [-0.39, 0.29) is 6.04 Å². The topological polar surface area (TPSA) is 54.7 Å². The summed E-state index contributed by atoms with van der Waals surface area (Å²) in [5, 5.41) is 8.20. The summed E-state index contributed by atoms with van der Waals surface area (Å²) >= 11 is 0. The smallest absolute Gasteiger partial charge is 0.155 e. The Balaban J connectivity index is 1.66. The van der Waals surface area contributed by atoms with Crippen LogP contribution >= 0.6 is 0 Å². The Labute approximate surface area is 144 Å². The van der Waals surface area contributed by atoms with Gasteiger partial charge in [-0.2, -0.15) is 5.10 Å². The molecule has 3 rings (SSSR count). The first kappa shape index (κ1) is 17.3. The number of fused-ring (bicyclic) bond motifs is 1. The highest BCUT2D eigenvalue weighted by molar-refractivity contribution is 5.42. The van der Waals surface area contributed by atoms with Gasteiger partial charge in [-0.3, -0.25) is 4.90 Å². The zero-order valence-corrected chi connectivity index (χ0v) is 15.4. The second kappa shape index (κ2) is 7.17. The number of morpholine rings is 1. The van der Waals surface area contributed by atoms with E-state index in [1.807, 2.05) is 23.7 Å². The average molecular weight is 331 g/mol. The molecule has 1 aliphatic rings. The van der Waals surface area contributed by atoms with Gasteiger partial charge in [0.1, 0.15) is 0 Å². The Hall–Kier alpha value is -1.50. The lowest BCUT2D eigenvalue weighted by atomic mass is 10.1. The Morgan fingerprint density at radius 3 is 2.92 bits per heavy atom. The molecule has 1 N–H and O–H groups in total. The number of aryl methyl sites for hydroxylation is 2. The van der Waals surface area contributed by atoms with E-state index >= 15 is 0 Å². The van der Waals surface area contributed by atoms with E-state index in [2.05, 4.69) is 48.0 Å². The van der Waals surface area contributed by atoms with E-state index in [9.17, 15) is 0 Å². The lowest BCUT2D eigenvalue weighted by Gasteiger charge is -2.38. The summed E-state index contributed by atoms with van der Waals surface area (Å²) in [6.07, 6.45) is 1.98. The molecule has 0 unspecified atom stereocenters. The van der Waals surface area contributed by atoms with Crippen LogP contribution in [0.3, 0.4) is 0 Å². The lowest BCUT2D eigenvalue weighted by molar-refractivity contribution is -0.0184. The fraction of sp³-hybridized carbons (Fsp3) is 0.667. The van der Waals surface area contributed by atoms with Crippen LogP contribution in [-0.4, -0.2) is 57.9 Å². The quantitative estimate of drug-likeness (QED) is 0.909. The summed E-state index contributed by atoms with van der Waals surface area (Å²) in [5.41, 5.74) is 4.27. The van der Waals surface area contributed by atoms with Crippen LogP contribution in [0.5, 0.6) is 0 Å². The van der Waals surface area contributed by atoms with Crippen LogP contribution in [0.2, 0.25) is 0 Å². The molecule has 0 aromatic carbocycles. The van der Waals surface area contributed by atoms with Gasteiger partial charge in [-0.1, -0.05) is 0 Å². The number of rotatable bonds is 5. The molecule has 132 valence electrons. The van der Waals surface area contributed by atoms with Gasteiger partial charge in [0.2, 0.25) is 0 Å². The van der Waals surface area contributed by atoms with E-state index in [4.69, 9.17) is 4.74 Å². The van der Waals surface area contributed by atoms with Gasteiger partial charge in [-0.05, 0) is 34.6 Å². The minimum atomic E-state index is 0.241. The molecule has 1 aliphatic heterocycles. The maximum absolute atomic E-state index is 5.54. The van der Waals surface area contributed by atoms with Crippen molar-refractivity contribution >= 4 is 5.65 Å². The Bertz CT molecular complexity index is 698. The number of nitrogens with one attached hydrogen (secondary N) is 1. The summed E-state index contributed by atoms with van der Waals surface area (Å²) < 4.78 is 7.48. The molecule has 3 heterocycles. The molecule has 24 heavy (non-hydrogen) atoms. The minimum Gasteiger partial charge on any atom is -0.379 e. The second-order valence-electron chi connectivity index (χ2n) is 7.00. The largest absolute Gasteiger partial charge is 0.379 e. The lowest BCUT2D eigenvalue weighted by Crippen LogP contribution is -2.51. The molecule has 6 heteroatoms. The van der Waals surface area contributed by atoms with Crippen molar-refractivity contribution in [2.75, 3.05) is 26.3 Å². The molecule has 0 bridgehead atoms. The van der Waals surface area contributed by atoms with Crippen LogP contribution in [0.15, 0.2) is 12.3 Å². The molecule has 3 atom stereocenters. The Morgan fingerprint density at radius 1 is 1.38 bits per heavy atom. The van der Waals surface area contributed by atoms with Crippen molar-refractivity contribution in [2.24, 2.45) is 0 Å². The summed E-state index contributed by atoms with van der Waals surface area (Å²) in [6.45, 7) is 14.5. The molecule has 0 saturated carbocycles. The predicted octanol–water partition coefficient (Wildman–Crippen LogP) is 2.11. The third kappa shape index (κ3) is 3.45. The van der Waals surface area contributed by atoms with Crippen LogP contribution in [-0.2, 0) is 4.74 Å². The van der Waals surface area contributed by atoms with Crippen LogP contribution < -0.4 is 5.32 Å². The predicted molar refractivity (Wildman–Crippen MR) is 95.3 cm³/mol. The third-order valence-electron chi connectivity index (χ3n) is 5.06. The summed E-state index contributed by atoms with van der Waals surface area (Å²) in [7, 11) is 0. The summed E-state index contributed by atoms with van der Waals surface area (Å²) in [5.74, 6) is 0. The average Bonchev–Trinajstić information content (AvgIpc) is 2.94. The SMILES string of the molecule is Cc1cc2ncc([C@H](C)NC[C@H](C)N3CCOC[C@@H]3C)c(C)n2n1. The van der Waals surface area contributed by atoms with Gasteiger partial charge in [-0.15, -0.1) is 0 Å². The minimum absolute atomic E-state index is 0.241. The highest BCUT2D eigenvalue weighted by Crippen LogP contribution is 2.18. The zero-order chi connectivity index (χ0) is 17.3. The van der Waals surface area contributed by atoms with Crippen molar-refractivity contribution in [2.45, 2.75) is 52.7 Å². The summed E-state index contributed by atoms with van der Waals surface area (Å²) in [6, 6.07) is 3.22. The molecule has 6 nitrogen and oxygen atoms in total.